The predicted molar refractivity (Wildman–Crippen MR) is 62.6 cm³/mol. The van der Waals surface area contributed by atoms with E-state index in [1.54, 1.807) is 20.2 Å². The molecule has 1 aromatic rings. The molecule has 7 heteroatoms. The first-order chi connectivity index (χ1) is 8.04. The average molecular weight is 237 g/mol. The Morgan fingerprint density at radius 3 is 2.47 bits per heavy atom. The van der Waals surface area contributed by atoms with Crippen molar-refractivity contribution in [2.45, 2.75) is 0 Å². The lowest BCUT2D eigenvalue weighted by molar-refractivity contribution is -0.126. The smallest absolute Gasteiger partial charge is 0.271 e. The predicted octanol–water partition coefficient (Wildman–Crippen LogP) is -0.664. The average Bonchev–Trinajstić information content (AvgIpc) is 2.35. The second kappa shape index (κ2) is 5.78. The van der Waals surface area contributed by atoms with Gasteiger partial charge in [0.05, 0.1) is 6.54 Å². The van der Waals surface area contributed by atoms with Crippen LogP contribution in [0.5, 0.6) is 0 Å². The summed E-state index contributed by atoms with van der Waals surface area (Å²) in [7, 11) is 4.86. The number of nitrogens with zero attached hydrogens (tertiary/aromatic N) is 3. The molecule has 92 valence electrons. The van der Waals surface area contributed by atoms with E-state index < -0.39 is 0 Å². The van der Waals surface area contributed by atoms with Gasteiger partial charge in [0.15, 0.2) is 5.69 Å². The molecule has 0 spiro atoms. The molecule has 0 atom stereocenters. The van der Waals surface area contributed by atoms with Gasteiger partial charge in [0.2, 0.25) is 5.91 Å². The van der Waals surface area contributed by atoms with Crippen molar-refractivity contribution in [3.05, 3.63) is 17.8 Å². The third kappa shape index (κ3) is 3.71. The lowest BCUT2D eigenvalue weighted by Gasteiger charge is -2.10. The maximum Gasteiger partial charge on any atom is 0.271 e. The molecule has 1 aromatic heterocycles. The molecule has 0 saturated heterocycles. The molecular weight excluding hydrogens is 222 g/mol. The van der Waals surface area contributed by atoms with E-state index in [9.17, 15) is 9.59 Å². The number of hydrogen-bond acceptors (Lipinski definition) is 5. The Morgan fingerprint density at radius 2 is 2.00 bits per heavy atom. The van der Waals surface area contributed by atoms with Crippen LogP contribution in [0.3, 0.4) is 0 Å². The fraction of sp³-hybridized carbons (Fsp3) is 0.400. The SMILES string of the molecule is CNC(=O)c1ccc(NCC(=O)N(C)C)nn1. The normalized spacial score (nSPS) is 9.59. The van der Waals surface area contributed by atoms with E-state index in [4.69, 9.17) is 0 Å². The van der Waals surface area contributed by atoms with Gasteiger partial charge in [-0.3, -0.25) is 9.59 Å². The van der Waals surface area contributed by atoms with Crippen molar-refractivity contribution >= 4 is 17.6 Å². The maximum absolute atomic E-state index is 11.3. The number of anilines is 1. The monoisotopic (exact) mass is 237 g/mol. The minimum absolute atomic E-state index is 0.0674. The lowest BCUT2D eigenvalue weighted by atomic mass is 10.3. The van der Waals surface area contributed by atoms with Crippen LogP contribution in [0, 0.1) is 0 Å². The molecule has 0 saturated carbocycles. The van der Waals surface area contributed by atoms with Crippen LogP contribution in [0.1, 0.15) is 10.5 Å². The Labute approximate surface area is 99.2 Å². The largest absolute Gasteiger partial charge is 0.360 e. The Balaban J connectivity index is 2.57. The molecule has 0 fully saturated rings. The number of aromatic nitrogens is 2. The number of likely N-dealkylation sites (N-methyl/N-ethyl adjacent to an activating group) is 1. The van der Waals surface area contributed by atoms with Gasteiger partial charge in [0, 0.05) is 21.1 Å². The van der Waals surface area contributed by atoms with Crippen molar-refractivity contribution in [3.63, 3.8) is 0 Å². The van der Waals surface area contributed by atoms with Crippen LogP contribution >= 0.6 is 0 Å². The van der Waals surface area contributed by atoms with Gasteiger partial charge >= 0.3 is 0 Å². The number of rotatable bonds is 4. The lowest BCUT2D eigenvalue weighted by Crippen LogP contribution is -2.29. The van der Waals surface area contributed by atoms with E-state index in [0.717, 1.165) is 0 Å². The van der Waals surface area contributed by atoms with Gasteiger partial charge < -0.3 is 15.5 Å². The molecule has 0 bridgehead atoms. The number of hydrogen-bond donors (Lipinski definition) is 2. The third-order valence-corrected chi connectivity index (χ3v) is 2.04. The van der Waals surface area contributed by atoms with E-state index in [1.807, 2.05) is 0 Å². The number of carbonyl (C=O) groups excluding carboxylic acids is 2. The van der Waals surface area contributed by atoms with Gasteiger partial charge in [-0.15, -0.1) is 10.2 Å². The second-order valence-corrected chi connectivity index (χ2v) is 3.52. The highest BCUT2D eigenvalue weighted by atomic mass is 16.2. The topological polar surface area (TPSA) is 87.2 Å². The Morgan fingerprint density at radius 1 is 1.29 bits per heavy atom. The molecule has 0 aromatic carbocycles. The zero-order valence-corrected chi connectivity index (χ0v) is 10.0. The molecule has 0 aliphatic heterocycles. The van der Waals surface area contributed by atoms with Crippen LogP contribution in [-0.2, 0) is 4.79 Å². The molecule has 7 nitrogen and oxygen atoms in total. The van der Waals surface area contributed by atoms with Gasteiger partial charge in [-0.25, -0.2) is 0 Å². The number of carbonyl (C=O) groups is 2. The summed E-state index contributed by atoms with van der Waals surface area (Å²) >= 11 is 0. The Bertz CT molecular complexity index is 402. The van der Waals surface area contributed by atoms with Crippen molar-refractivity contribution < 1.29 is 9.59 Å². The summed E-state index contributed by atoms with van der Waals surface area (Å²) in [5.74, 6) is 0.0865. The van der Waals surface area contributed by atoms with Crippen LogP contribution < -0.4 is 10.6 Å². The minimum atomic E-state index is -0.298. The molecule has 1 heterocycles. The summed E-state index contributed by atoms with van der Waals surface area (Å²) in [4.78, 5) is 23.9. The third-order valence-electron chi connectivity index (χ3n) is 2.04. The minimum Gasteiger partial charge on any atom is -0.360 e. The fourth-order valence-corrected chi connectivity index (χ4v) is 1.00. The molecule has 17 heavy (non-hydrogen) atoms. The highest BCUT2D eigenvalue weighted by Crippen LogP contribution is 2.01. The van der Waals surface area contributed by atoms with Crippen LogP contribution in [0.25, 0.3) is 0 Å². The van der Waals surface area contributed by atoms with Crippen LogP contribution in [0.15, 0.2) is 12.1 Å². The van der Waals surface area contributed by atoms with E-state index in [2.05, 4.69) is 20.8 Å². The Kier molecular flexibility index (Phi) is 4.38. The van der Waals surface area contributed by atoms with E-state index in [0.29, 0.717) is 5.82 Å². The zero-order chi connectivity index (χ0) is 12.8. The molecular formula is C10H15N5O2. The first-order valence-corrected chi connectivity index (χ1v) is 5.04. The molecule has 2 amide bonds. The highest BCUT2D eigenvalue weighted by molar-refractivity contribution is 5.91. The summed E-state index contributed by atoms with van der Waals surface area (Å²) < 4.78 is 0. The molecule has 2 N–H and O–H groups in total. The summed E-state index contributed by atoms with van der Waals surface area (Å²) in [5, 5.41) is 12.8. The summed E-state index contributed by atoms with van der Waals surface area (Å²) in [5.41, 5.74) is 0.233. The molecule has 0 radical (unpaired) electrons. The van der Waals surface area contributed by atoms with E-state index in [-0.39, 0.29) is 24.1 Å². The van der Waals surface area contributed by atoms with E-state index in [1.165, 1.54) is 18.0 Å². The standard InChI is InChI=1S/C10H15N5O2/c1-11-10(17)7-4-5-8(14-13-7)12-6-9(16)15(2)3/h4-5H,6H2,1-3H3,(H,11,17)(H,12,14). The van der Waals surface area contributed by atoms with Crippen molar-refractivity contribution in [2.75, 3.05) is 33.0 Å². The van der Waals surface area contributed by atoms with Crippen molar-refractivity contribution in [1.82, 2.24) is 20.4 Å². The van der Waals surface area contributed by atoms with Crippen LogP contribution in [0.2, 0.25) is 0 Å². The molecule has 0 aliphatic carbocycles. The van der Waals surface area contributed by atoms with E-state index >= 15 is 0 Å². The summed E-state index contributed by atoms with van der Waals surface area (Å²) in [6.07, 6.45) is 0. The van der Waals surface area contributed by atoms with Gasteiger partial charge in [0.25, 0.3) is 5.91 Å². The van der Waals surface area contributed by atoms with Crippen molar-refractivity contribution in [2.24, 2.45) is 0 Å². The van der Waals surface area contributed by atoms with Crippen molar-refractivity contribution in [3.8, 4) is 0 Å². The fourth-order valence-electron chi connectivity index (χ4n) is 1.00. The quantitative estimate of drug-likeness (QED) is 0.725. The Hall–Kier alpha value is -2.18. The number of amides is 2. The molecule has 0 unspecified atom stereocenters. The first kappa shape index (κ1) is 12.9. The second-order valence-electron chi connectivity index (χ2n) is 3.52. The first-order valence-electron chi connectivity index (χ1n) is 5.04. The summed E-state index contributed by atoms with van der Waals surface area (Å²) in [6, 6.07) is 3.13. The van der Waals surface area contributed by atoms with Crippen LogP contribution in [-0.4, -0.2) is 54.6 Å². The summed E-state index contributed by atoms with van der Waals surface area (Å²) in [6.45, 7) is 0.140. The van der Waals surface area contributed by atoms with Gasteiger partial charge in [-0.2, -0.15) is 0 Å². The maximum atomic E-state index is 11.3. The number of nitrogens with one attached hydrogen (secondary N) is 2. The highest BCUT2D eigenvalue weighted by Gasteiger charge is 2.07. The van der Waals surface area contributed by atoms with Crippen molar-refractivity contribution in [1.29, 1.82) is 0 Å². The van der Waals surface area contributed by atoms with Gasteiger partial charge in [-0.1, -0.05) is 0 Å². The molecule has 0 aliphatic rings. The molecule has 1 rings (SSSR count). The zero-order valence-electron chi connectivity index (χ0n) is 10.0. The van der Waals surface area contributed by atoms with Gasteiger partial charge in [0.1, 0.15) is 5.82 Å². The van der Waals surface area contributed by atoms with Gasteiger partial charge in [-0.05, 0) is 12.1 Å². The van der Waals surface area contributed by atoms with Crippen LogP contribution in [0.4, 0.5) is 5.82 Å².